The summed E-state index contributed by atoms with van der Waals surface area (Å²) in [6.45, 7) is 6.86. The molecule has 0 radical (unpaired) electrons. The summed E-state index contributed by atoms with van der Waals surface area (Å²) in [6, 6.07) is 5.18. The molecule has 0 aliphatic rings. The van der Waals surface area contributed by atoms with E-state index in [1.54, 1.807) is 12.1 Å². The minimum absolute atomic E-state index is 0.0401. The summed E-state index contributed by atoms with van der Waals surface area (Å²) in [4.78, 5) is 0.229. The lowest BCUT2D eigenvalue weighted by molar-refractivity contribution is 0.338. The molecule has 0 fully saturated rings. The summed E-state index contributed by atoms with van der Waals surface area (Å²) in [5.41, 5.74) is 0.986. The van der Waals surface area contributed by atoms with Crippen molar-refractivity contribution < 1.29 is 13.2 Å². The highest BCUT2D eigenvalue weighted by atomic mass is 32.2. The van der Waals surface area contributed by atoms with Gasteiger partial charge in [0, 0.05) is 19.1 Å². The van der Waals surface area contributed by atoms with E-state index in [0.29, 0.717) is 18.8 Å². The second-order valence-corrected chi connectivity index (χ2v) is 6.84. The van der Waals surface area contributed by atoms with E-state index in [-0.39, 0.29) is 10.9 Å². The Bertz CT molecular complexity index is 558. The number of hydrogen-bond donors (Lipinski definition) is 1. The van der Waals surface area contributed by atoms with Crippen LogP contribution < -0.4 is 10.1 Å². The predicted octanol–water partition coefficient (Wildman–Crippen LogP) is 2.22. The first-order chi connectivity index (χ1) is 9.92. The average molecular weight is 314 g/mol. The minimum Gasteiger partial charge on any atom is -0.495 e. The molecule has 0 aromatic heterocycles. The fourth-order valence-corrected chi connectivity index (χ4v) is 4.14. The second kappa shape index (κ2) is 7.77. The van der Waals surface area contributed by atoms with E-state index in [2.05, 4.69) is 5.32 Å². The number of rotatable bonds is 8. The number of hydrogen-bond acceptors (Lipinski definition) is 4. The number of ether oxygens (including phenoxy) is 1. The summed E-state index contributed by atoms with van der Waals surface area (Å²) < 4.78 is 32.5. The van der Waals surface area contributed by atoms with Crippen LogP contribution in [0.2, 0.25) is 0 Å². The van der Waals surface area contributed by atoms with Crippen molar-refractivity contribution >= 4 is 10.0 Å². The highest BCUT2D eigenvalue weighted by molar-refractivity contribution is 7.89. The summed E-state index contributed by atoms with van der Waals surface area (Å²) in [5, 5.41) is 3.04. The van der Waals surface area contributed by atoms with Crippen molar-refractivity contribution in [3.8, 4) is 5.75 Å². The van der Waals surface area contributed by atoms with Crippen molar-refractivity contribution in [2.24, 2.45) is 0 Å². The first-order valence-corrected chi connectivity index (χ1v) is 8.69. The fourth-order valence-electron chi connectivity index (χ4n) is 2.29. The van der Waals surface area contributed by atoms with Crippen LogP contribution in [0.3, 0.4) is 0 Å². The summed E-state index contributed by atoms with van der Waals surface area (Å²) in [7, 11) is -0.206. The molecule has 1 N–H and O–H groups in total. The number of benzene rings is 1. The first kappa shape index (κ1) is 17.9. The van der Waals surface area contributed by atoms with Crippen LogP contribution in [-0.4, -0.2) is 39.5 Å². The number of sulfonamides is 1. The number of nitrogens with zero attached hydrogens (tertiary/aromatic N) is 1. The normalized spacial score (nSPS) is 13.4. The van der Waals surface area contributed by atoms with Gasteiger partial charge >= 0.3 is 0 Å². The molecule has 0 aliphatic carbocycles. The van der Waals surface area contributed by atoms with E-state index in [9.17, 15) is 8.42 Å². The lowest BCUT2D eigenvalue weighted by Gasteiger charge is -2.27. The molecule has 120 valence electrons. The minimum atomic E-state index is -3.55. The molecule has 0 aliphatic heterocycles. The Morgan fingerprint density at radius 3 is 2.48 bits per heavy atom. The van der Waals surface area contributed by atoms with Gasteiger partial charge in [0.15, 0.2) is 0 Å². The average Bonchev–Trinajstić information content (AvgIpc) is 2.47. The topological polar surface area (TPSA) is 58.6 Å². The van der Waals surface area contributed by atoms with Gasteiger partial charge in [-0.2, -0.15) is 4.31 Å². The Morgan fingerprint density at radius 1 is 1.33 bits per heavy atom. The van der Waals surface area contributed by atoms with E-state index < -0.39 is 10.0 Å². The van der Waals surface area contributed by atoms with Crippen molar-refractivity contribution in [3.05, 3.63) is 23.8 Å². The van der Waals surface area contributed by atoms with Crippen molar-refractivity contribution in [1.29, 1.82) is 0 Å². The highest BCUT2D eigenvalue weighted by Gasteiger charge is 2.29. The van der Waals surface area contributed by atoms with Crippen LogP contribution >= 0.6 is 0 Å². The number of methoxy groups -OCH3 is 1. The quantitative estimate of drug-likeness (QED) is 0.799. The molecule has 1 aromatic rings. The third-order valence-electron chi connectivity index (χ3n) is 3.59. The zero-order chi connectivity index (χ0) is 16.0. The smallest absolute Gasteiger partial charge is 0.246 e. The third kappa shape index (κ3) is 3.96. The van der Waals surface area contributed by atoms with Crippen molar-refractivity contribution in [1.82, 2.24) is 9.62 Å². The molecule has 0 amide bonds. The molecule has 0 saturated heterocycles. The predicted molar refractivity (Wildman–Crippen MR) is 85.1 cm³/mol. The Balaban J connectivity index is 3.30. The van der Waals surface area contributed by atoms with Crippen molar-refractivity contribution in [2.45, 2.75) is 44.7 Å². The maximum Gasteiger partial charge on any atom is 0.246 e. The Hall–Kier alpha value is -1.11. The van der Waals surface area contributed by atoms with Crippen LogP contribution in [0.4, 0.5) is 0 Å². The molecule has 1 unspecified atom stereocenters. The maximum atomic E-state index is 12.8. The van der Waals surface area contributed by atoms with Crippen LogP contribution in [0.15, 0.2) is 23.1 Å². The molecular formula is C15H26N2O3S. The lowest BCUT2D eigenvalue weighted by Crippen LogP contribution is -2.38. The fraction of sp³-hybridized carbons (Fsp3) is 0.600. The van der Waals surface area contributed by atoms with E-state index in [4.69, 9.17) is 4.74 Å². The Labute approximate surface area is 128 Å². The standard InChI is InChI=1S/C15H26N2O3S/c1-6-12(3)17(7-2)21(18,19)15-9-8-13(11-16-4)10-14(15)20-5/h8-10,12,16H,6-7,11H2,1-5H3. The molecular weight excluding hydrogens is 288 g/mol. The van der Waals surface area contributed by atoms with Gasteiger partial charge in [0.05, 0.1) is 7.11 Å². The lowest BCUT2D eigenvalue weighted by atomic mass is 10.2. The molecule has 1 rings (SSSR count). The SMILES string of the molecule is CCC(C)N(CC)S(=O)(=O)c1ccc(CNC)cc1OC. The molecule has 0 bridgehead atoms. The van der Waals surface area contributed by atoms with Crippen molar-refractivity contribution in [3.63, 3.8) is 0 Å². The van der Waals surface area contributed by atoms with Crippen LogP contribution in [0.1, 0.15) is 32.8 Å². The second-order valence-electron chi connectivity index (χ2n) is 4.98. The zero-order valence-corrected chi connectivity index (χ0v) is 14.3. The maximum absolute atomic E-state index is 12.8. The summed E-state index contributed by atoms with van der Waals surface area (Å²) in [6.07, 6.45) is 0.771. The molecule has 1 aromatic carbocycles. The van der Waals surface area contributed by atoms with Gasteiger partial charge in [0.1, 0.15) is 10.6 Å². The third-order valence-corrected chi connectivity index (χ3v) is 5.72. The molecule has 1 atom stereocenters. The molecule has 0 spiro atoms. The Kier molecular flexibility index (Phi) is 6.64. The largest absolute Gasteiger partial charge is 0.495 e. The summed E-state index contributed by atoms with van der Waals surface area (Å²) in [5.74, 6) is 0.393. The molecule has 6 heteroatoms. The molecule has 5 nitrogen and oxygen atoms in total. The van der Waals surface area contributed by atoms with Crippen molar-refractivity contribution in [2.75, 3.05) is 20.7 Å². The van der Waals surface area contributed by atoms with E-state index in [1.165, 1.54) is 11.4 Å². The zero-order valence-electron chi connectivity index (χ0n) is 13.5. The van der Waals surface area contributed by atoms with Gasteiger partial charge in [-0.3, -0.25) is 0 Å². The van der Waals surface area contributed by atoms with E-state index in [1.807, 2.05) is 33.9 Å². The molecule has 0 saturated carbocycles. The Morgan fingerprint density at radius 2 is 2.00 bits per heavy atom. The highest BCUT2D eigenvalue weighted by Crippen LogP contribution is 2.29. The van der Waals surface area contributed by atoms with Crippen LogP contribution in [0.5, 0.6) is 5.75 Å². The van der Waals surface area contributed by atoms with Gasteiger partial charge in [0.2, 0.25) is 10.0 Å². The van der Waals surface area contributed by atoms with Gasteiger partial charge in [-0.25, -0.2) is 8.42 Å². The van der Waals surface area contributed by atoms with Crippen LogP contribution in [-0.2, 0) is 16.6 Å². The van der Waals surface area contributed by atoms with E-state index in [0.717, 1.165) is 12.0 Å². The van der Waals surface area contributed by atoms with Crippen LogP contribution in [0.25, 0.3) is 0 Å². The number of nitrogens with one attached hydrogen (secondary N) is 1. The van der Waals surface area contributed by atoms with Gasteiger partial charge < -0.3 is 10.1 Å². The van der Waals surface area contributed by atoms with Gasteiger partial charge in [-0.1, -0.05) is 19.9 Å². The van der Waals surface area contributed by atoms with Gasteiger partial charge in [0.25, 0.3) is 0 Å². The van der Waals surface area contributed by atoms with E-state index >= 15 is 0 Å². The first-order valence-electron chi connectivity index (χ1n) is 7.25. The van der Waals surface area contributed by atoms with Gasteiger partial charge in [-0.05, 0) is 38.1 Å². The summed E-state index contributed by atoms with van der Waals surface area (Å²) >= 11 is 0. The van der Waals surface area contributed by atoms with Crippen LogP contribution in [0, 0.1) is 0 Å². The molecule has 21 heavy (non-hydrogen) atoms. The van der Waals surface area contributed by atoms with Gasteiger partial charge in [-0.15, -0.1) is 0 Å². The molecule has 0 heterocycles. The monoisotopic (exact) mass is 314 g/mol.